The summed E-state index contributed by atoms with van der Waals surface area (Å²) in [5.41, 5.74) is -0.102. The standard InChI is InChI=1S/C26H22F2N4O3/c1-2-31(16-22(33)29-24-20(27)13-8-14-21(24)28)26(35)23-18-11-6-7-12-19(18)25(34)32(30-23)15-17-9-4-3-5-10-17/h3-14H,2,15-16H2,1H3,(H,29,33). The van der Waals surface area contributed by atoms with Gasteiger partial charge in [-0.2, -0.15) is 5.10 Å². The number of hydrogen-bond donors (Lipinski definition) is 1. The molecule has 0 aliphatic heterocycles. The number of carbonyl (C=O) groups excluding carboxylic acids is 2. The summed E-state index contributed by atoms with van der Waals surface area (Å²) in [6.07, 6.45) is 0. The van der Waals surface area contributed by atoms with Crippen LogP contribution in [0, 0.1) is 11.6 Å². The van der Waals surface area contributed by atoms with Gasteiger partial charge in [0.25, 0.3) is 11.5 Å². The van der Waals surface area contributed by atoms with Gasteiger partial charge in [0.2, 0.25) is 5.91 Å². The van der Waals surface area contributed by atoms with E-state index in [0.717, 1.165) is 17.7 Å². The minimum Gasteiger partial charge on any atom is -0.328 e. The summed E-state index contributed by atoms with van der Waals surface area (Å²) in [7, 11) is 0. The van der Waals surface area contributed by atoms with E-state index in [9.17, 15) is 23.2 Å². The predicted octanol–water partition coefficient (Wildman–Crippen LogP) is 3.82. The molecule has 1 heterocycles. The van der Waals surface area contributed by atoms with Crippen molar-refractivity contribution in [1.29, 1.82) is 0 Å². The molecule has 0 radical (unpaired) electrons. The largest absolute Gasteiger partial charge is 0.328 e. The Bertz CT molecular complexity index is 1430. The van der Waals surface area contributed by atoms with Gasteiger partial charge in [0.05, 0.1) is 11.9 Å². The Morgan fingerprint density at radius 3 is 2.20 bits per heavy atom. The Morgan fingerprint density at radius 1 is 0.914 bits per heavy atom. The van der Waals surface area contributed by atoms with Crippen molar-refractivity contribution < 1.29 is 18.4 Å². The van der Waals surface area contributed by atoms with Crippen LogP contribution >= 0.6 is 0 Å². The van der Waals surface area contributed by atoms with E-state index in [-0.39, 0.29) is 24.3 Å². The molecule has 1 aromatic heterocycles. The van der Waals surface area contributed by atoms with E-state index in [2.05, 4.69) is 10.4 Å². The summed E-state index contributed by atoms with van der Waals surface area (Å²) in [5, 5.41) is 7.19. The number of para-hydroxylation sites is 1. The van der Waals surface area contributed by atoms with Gasteiger partial charge in [0.1, 0.15) is 23.9 Å². The average Bonchev–Trinajstić information content (AvgIpc) is 2.87. The third kappa shape index (κ3) is 5.08. The zero-order valence-electron chi connectivity index (χ0n) is 18.9. The maximum absolute atomic E-state index is 13.9. The van der Waals surface area contributed by atoms with Crippen molar-refractivity contribution in [1.82, 2.24) is 14.7 Å². The molecule has 1 N–H and O–H groups in total. The number of anilines is 1. The topological polar surface area (TPSA) is 84.3 Å². The number of likely N-dealkylation sites (N-methyl/N-ethyl adjacent to an activating group) is 1. The number of halogens is 2. The maximum atomic E-state index is 13.9. The summed E-state index contributed by atoms with van der Waals surface area (Å²) in [6.45, 7) is 1.48. The fourth-order valence-corrected chi connectivity index (χ4v) is 3.70. The number of amides is 2. The van der Waals surface area contributed by atoms with Crippen molar-refractivity contribution >= 4 is 28.3 Å². The first-order valence-electron chi connectivity index (χ1n) is 11.0. The van der Waals surface area contributed by atoms with Crippen molar-refractivity contribution in [3.8, 4) is 0 Å². The van der Waals surface area contributed by atoms with Crippen LogP contribution in [0.2, 0.25) is 0 Å². The van der Waals surface area contributed by atoms with Gasteiger partial charge in [-0.05, 0) is 30.7 Å². The molecule has 178 valence electrons. The molecule has 4 rings (SSSR count). The summed E-state index contributed by atoms with van der Waals surface area (Å²) in [5.74, 6) is -3.21. The first-order chi connectivity index (χ1) is 16.9. The van der Waals surface area contributed by atoms with Crippen LogP contribution in [-0.2, 0) is 11.3 Å². The Hall–Kier alpha value is -4.40. The second-order valence-corrected chi connectivity index (χ2v) is 7.81. The summed E-state index contributed by atoms with van der Waals surface area (Å²) in [4.78, 5) is 40.2. The Morgan fingerprint density at radius 2 is 1.54 bits per heavy atom. The highest BCUT2D eigenvalue weighted by Gasteiger charge is 2.24. The van der Waals surface area contributed by atoms with Crippen LogP contribution < -0.4 is 10.9 Å². The Balaban J connectivity index is 1.66. The molecular weight excluding hydrogens is 454 g/mol. The molecule has 0 aliphatic carbocycles. The third-order valence-corrected chi connectivity index (χ3v) is 5.48. The lowest BCUT2D eigenvalue weighted by Crippen LogP contribution is -2.39. The minimum absolute atomic E-state index is 0.00264. The van der Waals surface area contributed by atoms with E-state index < -0.39 is 35.7 Å². The van der Waals surface area contributed by atoms with E-state index in [1.807, 2.05) is 30.3 Å². The number of rotatable bonds is 7. The van der Waals surface area contributed by atoms with Gasteiger partial charge in [-0.3, -0.25) is 14.4 Å². The second kappa shape index (κ2) is 10.3. The fourth-order valence-electron chi connectivity index (χ4n) is 3.70. The number of carbonyl (C=O) groups is 2. The van der Waals surface area contributed by atoms with Crippen molar-refractivity contribution in [2.75, 3.05) is 18.4 Å². The van der Waals surface area contributed by atoms with Gasteiger partial charge in [0, 0.05) is 11.9 Å². The molecule has 0 saturated carbocycles. The summed E-state index contributed by atoms with van der Waals surface area (Å²) in [6, 6.07) is 19.0. The van der Waals surface area contributed by atoms with Gasteiger partial charge in [-0.1, -0.05) is 54.6 Å². The molecule has 0 aliphatic rings. The molecule has 0 unspecified atom stereocenters. The summed E-state index contributed by atoms with van der Waals surface area (Å²) >= 11 is 0. The van der Waals surface area contributed by atoms with Crippen LogP contribution in [0.15, 0.2) is 77.6 Å². The normalized spacial score (nSPS) is 10.8. The lowest BCUT2D eigenvalue weighted by atomic mass is 10.1. The van der Waals surface area contributed by atoms with Crippen LogP contribution in [0.1, 0.15) is 23.0 Å². The number of hydrogen-bond acceptors (Lipinski definition) is 4. The first-order valence-corrected chi connectivity index (χ1v) is 11.0. The Labute approximate surface area is 199 Å². The van der Waals surface area contributed by atoms with Gasteiger partial charge < -0.3 is 10.2 Å². The maximum Gasteiger partial charge on any atom is 0.275 e. The SMILES string of the molecule is CCN(CC(=O)Nc1c(F)cccc1F)C(=O)c1nn(Cc2ccccc2)c(=O)c2ccccc12. The molecule has 0 bridgehead atoms. The average molecular weight is 476 g/mol. The van der Waals surface area contributed by atoms with E-state index in [1.54, 1.807) is 31.2 Å². The zero-order valence-corrected chi connectivity index (χ0v) is 18.9. The molecule has 0 spiro atoms. The monoisotopic (exact) mass is 476 g/mol. The van der Waals surface area contributed by atoms with Crippen molar-refractivity contribution in [2.45, 2.75) is 13.5 Å². The summed E-state index contributed by atoms with van der Waals surface area (Å²) < 4.78 is 29.0. The van der Waals surface area contributed by atoms with Crippen LogP contribution in [0.4, 0.5) is 14.5 Å². The van der Waals surface area contributed by atoms with Crippen molar-refractivity contribution in [3.05, 3.63) is 106 Å². The van der Waals surface area contributed by atoms with E-state index in [4.69, 9.17) is 0 Å². The van der Waals surface area contributed by atoms with Gasteiger partial charge in [0.15, 0.2) is 5.69 Å². The molecule has 0 atom stereocenters. The number of nitrogens with one attached hydrogen (secondary N) is 1. The number of nitrogens with zero attached hydrogens (tertiary/aromatic N) is 3. The highest BCUT2D eigenvalue weighted by Crippen LogP contribution is 2.19. The minimum atomic E-state index is -0.923. The molecular formula is C26H22F2N4O3. The third-order valence-electron chi connectivity index (χ3n) is 5.48. The molecule has 3 aromatic carbocycles. The van der Waals surface area contributed by atoms with E-state index >= 15 is 0 Å². The number of aromatic nitrogens is 2. The van der Waals surface area contributed by atoms with Crippen LogP contribution in [0.3, 0.4) is 0 Å². The first kappa shape index (κ1) is 23.7. The van der Waals surface area contributed by atoms with Gasteiger partial charge in [-0.15, -0.1) is 0 Å². The molecule has 0 fully saturated rings. The fraction of sp³-hybridized carbons (Fsp3) is 0.154. The van der Waals surface area contributed by atoms with E-state index in [1.165, 1.54) is 15.6 Å². The highest BCUT2D eigenvalue weighted by molar-refractivity contribution is 6.06. The zero-order chi connectivity index (χ0) is 24.9. The van der Waals surface area contributed by atoms with E-state index in [0.29, 0.717) is 10.8 Å². The lowest BCUT2D eigenvalue weighted by Gasteiger charge is -2.21. The van der Waals surface area contributed by atoms with Crippen LogP contribution in [0.25, 0.3) is 10.8 Å². The molecule has 4 aromatic rings. The molecule has 2 amide bonds. The Kier molecular flexibility index (Phi) is 6.96. The molecule has 35 heavy (non-hydrogen) atoms. The molecule has 9 heteroatoms. The lowest BCUT2D eigenvalue weighted by molar-refractivity contribution is -0.116. The van der Waals surface area contributed by atoms with Crippen LogP contribution in [0.5, 0.6) is 0 Å². The van der Waals surface area contributed by atoms with Crippen molar-refractivity contribution in [3.63, 3.8) is 0 Å². The number of fused-ring (bicyclic) bond motifs is 1. The second-order valence-electron chi connectivity index (χ2n) is 7.81. The van der Waals surface area contributed by atoms with Crippen molar-refractivity contribution in [2.24, 2.45) is 0 Å². The number of benzene rings is 3. The van der Waals surface area contributed by atoms with Crippen LogP contribution in [-0.4, -0.2) is 39.6 Å². The predicted molar refractivity (Wildman–Crippen MR) is 128 cm³/mol. The van der Waals surface area contributed by atoms with Gasteiger partial charge in [-0.25, -0.2) is 13.5 Å². The highest BCUT2D eigenvalue weighted by atomic mass is 19.1. The molecule has 7 nitrogen and oxygen atoms in total. The molecule has 0 saturated heterocycles. The van der Waals surface area contributed by atoms with Gasteiger partial charge >= 0.3 is 0 Å². The smallest absolute Gasteiger partial charge is 0.275 e. The quantitative estimate of drug-likeness (QED) is 0.440.